The van der Waals surface area contributed by atoms with Gasteiger partial charge in [-0.25, -0.2) is 0 Å². The zero-order valence-corrected chi connectivity index (χ0v) is 18.0. The minimum absolute atomic E-state index is 0.0763. The third-order valence-corrected chi connectivity index (χ3v) is 4.14. The fourth-order valence-corrected chi connectivity index (χ4v) is 2.51. The Morgan fingerprint density at radius 1 is 0.967 bits per heavy atom. The first-order chi connectivity index (χ1) is 14.4. The van der Waals surface area contributed by atoms with Crippen LogP contribution in [0.2, 0.25) is 0 Å². The van der Waals surface area contributed by atoms with Crippen LogP contribution < -0.4 is 14.2 Å². The molecule has 2 aromatic rings. The maximum Gasteiger partial charge on any atom is 0.259 e. The molecule has 0 aromatic heterocycles. The summed E-state index contributed by atoms with van der Waals surface area (Å²) in [7, 11) is 3.33. The topological polar surface area (TPSA) is 65.1 Å². The Morgan fingerprint density at radius 3 is 2.47 bits per heavy atom. The highest BCUT2D eigenvalue weighted by Crippen LogP contribution is 2.29. The number of hydrogen-bond donors (Lipinski definition) is 0. The van der Waals surface area contributed by atoms with Crippen LogP contribution >= 0.6 is 0 Å². The predicted molar refractivity (Wildman–Crippen MR) is 117 cm³/mol. The van der Waals surface area contributed by atoms with Crippen molar-refractivity contribution < 1.29 is 23.8 Å². The molecular weight excluding hydrogens is 382 g/mol. The summed E-state index contributed by atoms with van der Waals surface area (Å²) in [5.41, 5.74) is 1.31. The highest BCUT2D eigenvalue weighted by Gasteiger charge is 2.08. The lowest BCUT2D eigenvalue weighted by Crippen LogP contribution is -2.27. The maximum atomic E-state index is 12.6. The second-order valence-corrected chi connectivity index (χ2v) is 6.79. The van der Waals surface area contributed by atoms with Crippen LogP contribution in [-0.2, 0) is 4.79 Å². The summed E-state index contributed by atoms with van der Waals surface area (Å²) in [5, 5.41) is 0. The van der Waals surface area contributed by atoms with Gasteiger partial charge in [-0.1, -0.05) is 31.2 Å². The molecule has 6 nitrogen and oxygen atoms in total. The van der Waals surface area contributed by atoms with E-state index in [1.165, 1.54) is 11.0 Å². The summed E-state index contributed by atoms with van der Waals surface area (Å²) in [6, 6.07) is 12.4. The fourth-order valence-electron chi connectivity index (χ4n) is 2.51. The van der Waals surface area contributed by atoms with E-state index in [0.717, 1.165) is 12.0 Å². The van der Waals surface area contributed by atoms with Gasteiger partial charge in [0.15, 0.2) is 23.9 Å². The lowest BCUT2D eigenvalue weighted by molar-refractivity contribution is -0.130. The average Bonchev–Trinajstić information content (AvgIpc) is 2.75. The molecule has 30 heavy (non-hydrogen) atoms. The van der Waals surface area contributed by atoms with E-state index in [4.69, 9.17) is 14.2 Å². The molecule has 160 valence electrons. The second-order valence-electron chi connectivity index (χ2n) is 6.79. The van der Waals surface area contributed by atoms with Gasteiger partial charge in [0.2, 0.25) is 0 Å². The quantitative estimate of drug-likeness (QED) is 0.409. The van der Waals surface area contributed by atoms with Crippen LogP contribution in [0.3, 0.4) is 0 Å². The maximum absolute atomic E-state index is 12.6. The molecule has 0 atom stereocenters. The van der Waals surface area contributed by atoms with E-state index in [9.17, 15) is 9.59 Å². The molecule has 0 aliphatic heterocycles. The average molecular weight is 411 g/mol. The third kappa shape index (κ3) is 6.95. The van der Waals surface area contributed by atoms with Gasteiger partial charge in [0.1, 0.15) is 5.75 Å². The van der Waals surface area contributed by atoms with E-state index in [1.807, 2.05) is 32.0 Å². The summed E-state index contributed by atoms with van der Waals surface area (Å²) in [6.45, 7) is 5.02. The molecule has 0 saturated heterocycles. The van der Waals surface area contributed by atoms with Gasteiger partial charge in [-0.3, -0.25) is 9.59 Å². The molecule has 0 aliphatic rings. The van der Waals surface area contributed by atoms with E-state index in [1.54, 1.807) is 44.4 Å². The highest BCUT2D eigenvalue weighted by molar-refractivity contribution is 6.07. The summed E-state index contributed by atoms with van der Waals surface area (Å²) in [4.78, 5) is 25.7. The number of allylic oxidation sites excluding steroid dienone is 1. The predicted octanol–water partition coefficient (Wildman–Crippen LogP) is 4.24. The molecule has 2 rings (SSSR count). The molecule has 0 aliphatic carbocycles. The van der Waals surface area contributed by atoms with Crippen LogP contribution in [0.25, 0.3) is 6.08 Å². The van der Waals surface area contributed by atoms with Gasteiger partial charge < -0.3 is 19.1 Å². The van der Waals surface area contributed by atoms with Crippen LogP contribution in [0.15, 0.2) is 48.5 Å². The first-order valence-electron chi connectivity index (χ1n) is 9.99. The Kier molecular flexibility index (Phi) is 8.94. The van der Waals surface area contributed by atoms with E-state index in [-0.39, 0.29) is 18.3 Å². The van der Waals surface area contributed by atoms with Crippen LogP contribution in [-0.4, -0.2) is 50.5 Å². The van der Waals surface area contributed by atoms with Crippen LogP contribution in [0.1, 0.15) is 36.2 Å². The first kappa shape index (κ1) is 23.0. The molecule has 0 radical (unpaired) electrons. The number of amides is 1. The molecule has 2 aromatic carbocycles. The van der Waals surface area contributed by atoms with Crippen molar-refractivity contribution >= 4 is 17.8 Å². The second kappa shape index (κ2) is 11.7. The molecule has 1 amide bonds. The summed E-state index contributed by atoms with van der Waals surface area (Å²) < 4.78 is 16.8. The van der Waals surface area contributed by atoms with Crippen molar-refractivity contribution in [2.75, 3.05) is 33.9 Å². The number of carbonyl (C=O) groups is 2. The summed E-state index contributed by atoms with van der Waals surface area (Å²) in [6.07, 6.45) is 4.15. The molecule has 0 N–H and O–H groups in total. The Bertz CT molecular complexity index is 889. The van der Waals surface area contributed by atoms with Gasteiger partial charge in [0, 0.05) is 19.7 Å². The van der Waals surface area contributed by atoms with Gasteiger partial charge in [0.25, 0.3) is 5.91 Å². The number of nitrogens with zero attached hydrogens (tertiary/aromatic N) is 1. The van der Waals surface area contributed by atoms with E-state index < -0.39 is 0 Å². The largest absolute Gasteiger partial charge is 0.490 e. The van der Waals surface area contributed by atoms with Crippen LogP contribution in [0, 0.1) is 0 Å². The van der Waals surface area contributed by atoms with Crippen molar-refractivity contribution in [2.24, 2.45) is 0 Å². The lowest BCUT2D eigenvalue weighted by atomic mass is 10.1. The zero-order chi connectivity index (χ0) is 21.9. The molecule has 0 unspecified atom stereocenters. The summed E-state index contributed by atoms with van der Waals surface area (Å²) in [5.74, 6) is 1.51. The fraction of sp³-hybridized carbons (Fsp3) is 0.333. The Hall–Kier alpha value is -3.28. The molecular formula is C24H29NO5. The Balaban J connectivity index is 2.09. The number of benzene rings is 2. The molecule has 6 heteroatoms. The lowest BCUT2D eigenvalue weighted by Gasteiger charge is -2.12. The van der Waals surface area contributed by atoms with Gasteiger partial charge in [-0.05, 0) is 49.2 Å². The van der Waals surface area contributed by atoms with Crippen molar-refractivity contribution in [1.82, 2.24) is 4.90 Å². The number of likely N-dealkylation sites (N-methyl/N-ethyl adjacent to an activating group) is 1. The van der Waals surface area contributed by atoms with Gasteiger partial charge in [0.05, 0.1) is 13.2 Å². The van der Waals surface area contributed by atoms with E-state index in [0.29, 0.717) is 36.0 Å². The van der Waals surface area contributed by atoms with Crippen molar-refractivity contribution in [3.63, 3.8) is 0 Å². The molecule has 0 bridgehead atoms. The highest BCUT2D eigenvalue weighted by atomic mass is 16.5. The van der Waals surface area contributed by atoms with Gasteiger partial charge in [-0.15, -0.1) is 0 Å². The van der Waals surface area contributed by atoms with Crippen molar-refractivity contribution in [1.29, 1.82) is 0 Å². The molecule has 0 fully saturated rings. The van der Waals surface area contributed by atoms with E-state index in [2.05, 4.69) is 0 Å². The molecule has 0 heterocycles. The number of ether oxygens (including phenoxy) is 3. The van der Waals surface area contributed by atoms with Crippen LogP contribution in [0.5, 0.6) is 17.2 Å². The third-order valence-electron chi connectivity index (χ3n) is 4.14. The number of ketones is 1. The Morgan fingerprint density at radius 2 is 1.77 bits per heavy atom. The summed E-state index contributed by atoms with van der Waals surface area (Å²) >= 11 is 0. The SMILES string of the molecule is CCCOc1ccc(/C=C/C(=O)c2cccc(OCC(=O)N(C)C)c2)cc1OCC. The van der Waals surface area contributed by atoms with Crippen molar-refractivity contribution in [2.45, 2.75) is 20.3 Å². The first-order valence-corrected chi connectivity index (χ1v) is 9.99. The molecule has 0 spiro atoms. The number of rotatable bonds is 11. The van der Waals surface area contributed by atoms with Gasteiger partial charge >= 0.3 is 0 Å². The number of carbonyl (C=O) groups excluding carboxylic acids is 2. The smallest absolute Gasteiger partial charge is 0.259 e. The minimum atomic E-state index is -0.163. The van der Waals surface area contributed by atoms with Gasteiger partial charge in [-0.2, -0.15) is 0 Å². The standard InChI is InChI=1S/C24H29NO5/c1-5-14-29-22-13-11-18(15-23(22)28-6-2)10-12-21(26)19-8-7-9-20(16-19)30-17-24(27)25(3)4/h7-13,15-16H,5-6,14,17H2,1-4H3/b12-10+. The Labute approximate surface area is 178 Å². The number of hydrogen-bond acceptors (Lipinski definition) is 5. The van der Waals surface area contributed by atoms with Crippen molar-refractivity contribution in [3.8, 4) is 17.2 Å². The minimum Gasteiger partial charge on any atom is -0.490 e. The van der Waals surface area contributed by atoms with Crippen LogP contribution in [0.4, 0.5) is 0 Å². The monoisotopic (exact) mass is 411 g/mol. The molecule has 0 saturated carbocycles. The zero-order valence-electron chi connectivity index (χ0n) is 18.0. The normalized spacial score (nSPS) is 10.7. The van der Waals surface area contributed by atoms with E-state index >= 15 is 0 Å². The van der Waals surface area contributed by atoms with Crippen molar-refractivity contribution in [3.05, 3.63) is 59.7 Å².